The number of hydrogen-bond acceptors (Lipinski definition) is 2. The highest BCUT2D eigenvalue weighted by atomic mass is 16.5. The average Bonchev–Trinajstić information content (AvgIpc) is 2.52. The number of rotatable bonds is 4. The van der Waals surface area contributed by atoms with Gasteiger partial charge in [-0.2, -0.15) is 0 Å². The van der Waals surface area contributed by atoms with E-state index in [1.807, 2.05) is 0 Å². The van der Waals surface area contributed by atoms with Crippen molar-refractivity contribution in [3.63, 3.8) is 0 Å². The van der Waals surface area contributed by atoms with Crippen LogP contribution in [0.4, 0.5) is 0 Å². The summed E-state index contributed by atoms with van der Waals surface area (Å²) in [7, 11) is 0. The Hall–Kier alpha value is -0.790. The first kappa shape index (κ1) is 11.3. The molecule has 0 aromatic carbocycles. The molecule has 0 amide bonds. The maximum atomic E-state index is 10.9. The van der Waals surface area contributed by atoms with Gasteiger partial charge in [-0.1, -0.05) is 26.0 Å². The lowest BCUT2D eigenvalue weighted by atomic mass is 9.94. The third kappa shape index (κ3) is 3.52. The molecule has 1 aliphatic rings. The van der Waals surface area contributed by atoms with E-state index >= 15 is 0 Å². The van der Waals surface area contributed by atoms with Gasteiger partial charge in [-0.25, -0.2) is 0 Å². The van der Waals surface area contributed by atoms with Crippen LogP contribution in [0.2, 0.25) is 0 Å². The smallest absolute Gasteiger partial charge is 0.302 e. The van der Waals surface area contributed by atoms with Gasteiger partial charge in [0.25, 0.3) is 0 Å². The Kier molecular flexibility index (Phi) is 4.18. The third-order valence-electron chi connectivity index (χ3n) is 2.55. The second-order valence-electron chi connectivity index (χ2n) is 4.45. The summed E-state index contributed by atoms with van der Waals surface area (Å²) in [6, 6.07) is 0. The van der Waals surface area contributed by atoms with Gasteiger partial charge in [0, 0.05) is 12.8 Å². The van der Waals surface area contributed by atoms with Crippen LogP contribution in [-0.2, 0) is 9.53 Å². The Morgan fingerprint density at radius 1 is 1.57 bits per heavy atom. The number of ether oxygens (including phenoxy) is 1. The monoisotopic (exact) mass is 196 g/mol. The standard InChI is InChI=1S/C12H20O2/c1-9(2)8-12(14-10(3)13)11-6-4-5-7-11/h4,6,9,11-12H,5,7-8H2,1-3H3. The molecule has 0 bridgehead atoms. The Morgan fingerprint density at radius 2 is 2.29 bits per heavy atom. The van der Waals surface area contributed by atoms with Gasteiger partial charge in [0.15, 0.2) is 0 Å². The molecule has 1 aliphatic carbocycles. The number of allylic oxidation sites excluding steroid dienone is 1. The van der Waals surface area contributed by atoms with E-state index in [0.29, 0.717) is 11.8 Å². The number of esters is 1. The van der Waals surface area contributed by atoms with Crippen LogP contribution >= 0.6 is 0 Å². The van der Waals surface area contributed by atoms with Gasteiger partial charge in [-0.3, -0.25) is 4.79 Å². The molecule has 1 rings (SSSR count). The predicted octanol–water partition coefficient (Wildman–Crippen LogP) is 2.93. The summed E-state index contributed by atoms with van der Waals surface area (Å²) >= 11 is 0. The van der Waals surface area contributed by atoms with Crippen molar-refractivity contribution in [3.05, 3.63) is 12.2 Å². The van der Waals surface area contributed by atoms with Gasteiger partial charge >= 0.3 is 5.97 Å². The van der Waals surface area contributed by atoms with E-state index in [1.54, 1.807) is 0 Å². The van der Waals surface area contributed by atoms with Crippen LogP contribution in [0.1, 0.15) is 40.0 Å². The Morgan fingerprint density at radius 3 is 2.71 bits per heavy atom. The summed E-state index contributed by atoms with van der Waals surface area (Å²) in [5.41, 5.74) is 0. The van der Waals surface area contributed by atoms with Crippen LogP contribution in [-0.4, -0.2) is 12.1 Å². The van der Waals surface area contributed by atoms with Crippen LogP contribution in [0.25, 0.3) is 0 Å². The molecular weight excluding hydrogens is 176 g/mol. The lowest BCUT2D eigenvalue weighted by molar-refractivity contribution is -0.149. The van der Waals surface area contributed by atoms with E-state index in [1.165, 1.54) is 6.92 Å². The van der Waals surface area contributed by atoms with E-state index < -0.39 is 0 Å². The summed E-state index contributed by atoms with van der Waals surface area (Å²) in [5, 5.41) is 0. The zero-order valence-electron chi connectivity index (χ0n) is 9.32. The van der Waals surface area contributed by atoms with Crippen molar-refractivity contribution >= 4 is 5.97 Å². The van der Waals surface area contributed by atoms with Crippen LogP contribution < -0.4 is 0 Å². The second kappa shape index (κ2) is 5.18. The number of hydrogen-bond donors (Lipinski definition) is 0. The summed E-state index contributed by atoms with van der Waals surface area (Å²) in [6.45, 7) is 5.82. The van der Waals surface area contributed by atoms with Gasteiger partial charge in [0.1, 0.15) is 6.10 Å². The summed E-state index contributed by atoms with van der Waals surface area (Å²) in [5.74, 6) is 0.866. The van der Waals surface area contributed by atoms with Crippen molar-refractivity contribution in [2.24, 2.45) is 11.8 Å². The molecule has 0 radical (unpaired) electrons. The molecule has 0 aromatic rings. The molecule has 0 saturated carbocycles. The van der Waals surface area contributed by atoms with Crippen molar-refractivity contribution in [1.29, 1.82) is 0 Å². The van der Waals surface area contributed by atoms with Crippen LogP contribution in [0.3, 0.4) is 0 Å². The molecule has 0 aliphatic heterocycles. The largest absolute Gasteiger partial charge is 0.462 e. The number of carbonyl (C=O) groups is 1. The fourth-order valence-electron chi connectivity index (χ4n) is 1.95. The molecule has 2 atom stereocenters. The Balaban J connectivity index is 2.51. The summed E-state index contributed by atoms with van der Waals surface area (Å²) in [6.07, 6.45) is 7.68. The van der Waals surface area contributed by atoms with Crippen molar-refractivity contribution in [1.82, 2.24) is 0 Å². The van der Waals surface area contributed by atoms with E-state index in [2.05, 4.69) is 26.0 Å². The lowest BCUT2D eigenvalue weighted by Crippen LogP contribution is -2.25. The van der Waals surface area contributed by atoms with E-state index in [0.717, 1.165) is 19.3 Å². The average molecular weight is 196 g/mol. The minimum atomic E-state index is -0.157. The van der Waals surface area contributed by atoms with Crippen LogP contribution in [0, 0.1) is 11.8 Å². The molecule has 0 aromatic heterocycles. The first-order valence-electron chi connectivity index (χ1n) is 5.43. The first-order chi connectivity index (χ1) is 6.59. The van der Waals surface area contributed by atoms with Crippen LogP contribution in [0.5, 0.6) is 0 Å². The van der Waals surface area contributed by atoms with Crippen molar-refractivity contribution in [2.75, 3.05) is 0 Å². The maximum Gasteiger partial charge on any atom is 0.302 e. The first-order valence-corrected chi connectivity index (χ1v) is 5.43. The fourth-order valence-corrected chi connectivity index (χ4v) is 1.95. The van der Waals surface area contributed by atoms with E-state index in [4.69, 9.17) is 4.74 Å². The molecule has 0 spiro atoms. The third-order valence-corrected chi connectivity index (χ3v) is 2.55. The highest BCUT2D eigenvalue weighted by Gasteiger charge is 2.24. The molecule has 2 heteroatoms. The van der Waals surface area contributed by atoms with Crippen LogP contribution in [0.15, 0.2) is 12.2 Å². The quantitative estimate of drug-likeness (QED) is 0.510. The normalized spacial score (nSPS) is 22.7. The molecular formula is C12H20O2. The van der Waals surface area contributed by atoms with Crippen molar-refractivity contribution < 1.29 is 9.53 Å². The predicted molar refractivity (Wildman–Crippen MR) is 56.9 cm³/mol. The molecule has 0 N–H and O–H groups in total. The van der Waals surface area contributed by atoms with Gasteiger partial charge < -0.3 is 4.74 Å². The molecule has 2 unspecified atom stereocenters. The zero-order chi connectivity index (χ0) is 10.6. The maximum absolute atomic E-state index is 10.9. The van der Waals surface area contributed by atoms with Crippen molar-refractivity contribution in [2.45, 2.75) is 46.1 Å². The van der Waals surface area contributed by atoms with Gasteiger partial charge in [0.2, 0.25) is 0 Å². The minimum absolute atomic E-state index is 0.0891. The zero-order valence-corrected chi connectivity index (χ0v) is 9.32. The minimum Gasteiger partial charge on any atom is -0.462 e. The Labute approximate surface area is 86.3 Å². The van der Waals surface area contributed by atoms with Crippen molar-refractivity contribution in [3.8, 4) is 0 Å². The van der Waals surface area contributed by atoms with Gasteiger partial charge in [-0.05, 0) is 25.2 Å². The van der Waals surface area contributed by atoms with Gasteiger partial charge in [0.05, 0.1) is 0 Å². The second-order valence-corrected chi connectivity index (χ2v) is 4.45. The number of carbonyl (C=O) groups excluding carboxylic acids is 1. The highest BCUT2D eigenvalue weighted by molar-refractivity contribution is 5.66. The lowest BCUT2D eigenvalue weighted by Gasteiger charge is -2.23. The molecule has 0 heterocycles. The molecule has 0 saturated heterocycles. The molecule has 0 fully saturated rings. The topological polar surface area (TPSA) is 26.3 Å². The summed E-state index contributed by atoms with van der Waals surface area (Å²) < 4.78 is 5.35. The Bertz CT molecular complexity index is 218. The molecule has 80 valence electrons. The SMILES string of the molecule is CC(=O)OC(CC(C)C)C1C=CCC1. The van der Waals surface area contributed by atoms with Gasteiger partial charge in [-0.15, -0.1) is 0 Å². The molecule has 14 heavy (non-hydrogen) atoms. The summed E-state index contributed by atoms with van der Waals surface area (Å²) in [4.78, 5) is 10.9. The van der Waals surface area contributed by atoms with E-state index in [-0.39, 0.29) is 12.1 Å². The van der Waals surface area contributed by atoms with E-state index in [9.17, 15) is 4.79 Å². The fraction of sp³-hybridized carbons (Fsp3) is 0.750. The molecule has 2 nitrogen and oxygen atoms in total. The highest BCUT2D eigenvalue weighted by Crippen LogP contribution is 2.26.